The van der Waals surface area contributed by atoms with Crippen LogP contribution < -0.4 is 5.56 Å². The fourth-order valence-corrected chi connectivity index (χ4v) is 0.884. The summed E-state index contributed by atoms with van der Waals surface area (Å²) in [5.74, 6) is 0. The van der Waals surface area contributed by atoms with Crippen LogP contribution in [0.2, 0.25) is 0 Å². The SMILES string of the molecule is [2H]c1c(C([2H])([2H])CC)[nH]c(=S)[nH]c1=O. The summed E-state index contributed by atoms with van der Waals surface area (Å²) in [5, 5.41) is 0. The van der Waals surface area contributed by atoms with Gasteiger partial charge in [0, 0.05) is 14.5 Å². The summed E-state index contributed by atoms with van der Waals surface area (Å²) in [7, 11) is 0. The second-order valence-electron chi connectivity index (χ2n) is 1.94. The molecule has 0 atom stereocenters. The van der Waals surface area contributed by atoms with Gasteiger partial charge in [0.1, 0.15) is 0 Å². The van der Waals surface area contributed by atoms with Gasteiger partial charge in [0.15, 0.2) is 4.77 Å². The molecule has 0 amide bonds. The summed E-state index contributed by atoms with van der Waals surface area (Å²) in [6.07, 6.45) is -1.55. The van der Waals surface area contributed by atoms with Crippen LogP contribution in [0.5, 0.6) is 0 Å². The molecule has 1 rings (SSSR count). The number of H-pyrrole nitrogens is 2. The predicted molar refractivity (Wildman–Crippen MR) is 46.2 cm³/mol. The van der Waals surface area contributed by atoms with E-state index >= 15 is 0 Å². The van der Waals surface area contributed by atoms with Crippen molar-refractivity contribution in [3.63, 3.8) is 0 Å². The molecule has 0 aliphatic heterocycles. The molecule has 0 saturated heterocycles. The van der Waals surface area contributed by atoms with Gasteiger partial charge in [-0.15, -0.1) is 0 Å². The molecular formula is C7H10N2OS. The fraction of sp³-hybridized carbons (Fsp3) is 0.429. The second kappa shape index (κ2) is 3.48. The van der Waals surface area contributed by atoms with E-state index < -0.39 is 18.0 Å². The van der Waals surface area contributed by atoms with Crippen LogP contribution in [-0.4, -0.2) is 9.97 Å². The maximum atomic E-state index is 11.1. The Hall–Kier alpha value is -0.900. The van der Waals surface area contributed by atoms with Crippen molar-refractivity contribution in [3.05, 3.63) is 26.9 Å². The van der Waals surface area contributed by atoms with Crippen molar-refractivity contribution in [2.45, 2.75) is 19.7 Å². The van der Waals surface area contributed by atoms with Crippen molar-refractivity contribution in [1.29, 1.82) is 0 Å². The Morgan fingerprint density at radius 2 is 2.55 bits per heavy atom. The summed E-state index contributed by atoms with van der Waals surface area (Å²) >= 11 is 4.70. The van der Waals surface area contributed by atoms with Crippen LogP contribution in [0.3, 0.4) is 0 Å². The van der Waals surface area contributed by atoms with E-state index in [0.717, 1.165) is 0 Å². The molecule has 0 fully saturated rings. The topological polar surface area (TPSA) is 48.6 Å². The van der Waals surface area contributed by atoms with Crippen molar-refractivity contribution >= 4 is 12.2 Å². The van der Waals surface area contributed by atoms with Gasteiger partial charge in [-0.3, -0.25) is 9.78 Å². The van der Waals surface area contributed by atoms with Crippen LogP contribution in [0.25, 0.3) is 0 Å². The molecular weight excluding hydrogens is 160 g/mol. The van der Waals surface area contributed by atoms with Crippen molar-refractivity contribution < 1.29 is 4.11 Å². The predicted octanol–water partition coefficient (Wildman–Crippen LogP) is 1.38. The molecule has 1 heterocycles. The second-order valence-corrected chi connectivity index (χ2v) is 2.35. The van der Waals surface area contributed by atoms with Gasteiger partial charge in [-0.1, -0.05) is 13.3 Å². The minimum atomic E-state index is -1.72. The molecule has 11 heavy (non-hydrogen) atoms. The molecule has 1 aromatic rings. The van der Waals surface area contributed by atoms with Gasteiger partial charge in [0.25, 0.3) is 5.56 Å². The Bertz CT molecular complexity index is 451. The normalized spacial score (nSPS) is 15.2. The summed E-state index contributed by atoms with van der Waals surface area (Å²) < 4.78 is 22.6. The van der Waals surface area contributed by atoms with E-state index in [0.29, 0.717) is 0 Å². The highest BCUT2D eigenvalue weighted by Gasteiger charge is 1.91. The molecule has 0 aliphatic carbocycles. The molecule has 0 radical (unpaired) electrons. The first-order chi connectivity index (χ1) is 6.38. The minimum Gasteiger partial charge on any atom is -0.336 e. The average Bonchev–Trinajstić information content (AvgIpc) is 2.11. The van der Waals surface area contributed by atoms with Crippen LogP contribution in [-0.2, 0) is 6.37 Å². The van der Waals surface area contributed by atoms with Crippen LogP contribution in [0.15, 0.2) is 10.8 Å². The first kappa shape index (κ1) is 4.87. The number of hydrogen-bond donors (Lipinski definition) is 2. The number of nitrogens with one attached hydrogen (secondary N) is 2. The Labute approximate surface area is 73.7 Å². The minimum absolute atomic E-state index is 0.0401. The lowest BCUT2D eigenvalue weighted by Gasteiger charge is -1.95. The van der Waals surface area contributed by atoms with Crippen LogP contribution in [0, 0.1) is 4.77 Å². The summed E-state index contributed by atoms with van der Waals surface area (Å²) in [4.78, 5) is 15.9. The van der Waals surface area contributed by atoms with E-state index in [1.165, 1.54) is 0 Å². The van der Waals surface area contributed by atoms with Gasteiger partial charge in [0.2, 0.25) is 0 Å². The molecule has 0 bridgehead atoms. The van der Waals surface area contributed by atoms with Crippen LogP contribution in [0.1, 0.15) is 23.2 Å². The number of aromatic nitrogens is 2. The van der Waals surface area contributed by atoms with Gasteiger partial charge in [0.05, 0.1) is 1.37 Å². The van der Waals surface area contributed by atoms with Crippen molar-refractivity contribution in [2.24, 2.45) is 0 Å². The Morgan fingerprint density at radius 1 is 1.82 bits per heavy atom. The monoisotopic (exact) mass is 173 g/mol. The van der Waals surface area contributed by atoms with Crippen molar-refractivity contribution in [3.8, 4) is 0 Å². The average molecular weight is 173 g/mol. The van der Waals surface area contributed by atoms with Gasteiger partial charge < -0.3 is 4.98 Å². The molecule has 0 spiro atoms. The van der Waals surface area contributed by atoms with E-state index in [-0.39, 0.29) is 16.9 Å². The van der Waals surface area contributed by atoms with E-state index in [9.17, 15) is 4.79 Å². The molecule has 60 valence electrons. The first-order valence-electron chi connectivity index (χ1n) is 4.72. The first-order valence-corrected chi connectivity index (χ1v) is 3.63. The highest BCUT2D eigenvalue weighted by atomic mass is 32.1. The number of rotatable bonds is 2. The lowest BCUT2D eigenvalue weighted by atomic mass is 10.2. The van der Waals surface area contributed by atoms with Gasteiger partial charge >= 0.3 is 0 Å². The maximum absolute atomic E-state index is 11.1. The quantitative estimate of drug-likeness (QED) is 0.664. The van der Waals surface area contributed by atoms with E-state index in [1.807, 2.05) is 0 Å². The van der Waals surface area contributed by atoms with Crippen molar-refractivity contribution in [2.75, 3.05) is 0 Å². The van der Waals surface area contributed by atoms with Crippen LogP contribution in [0.4, 0.5) is 0 Å². The summed E-state index contributed by atoms with van der Waals surface area (Å²) in [5.41, 5.74) is -0.727. The number of aromatic amines is 2. The molecule has 3 nitrogen and oxygen atoms in total. The van der Waals surface area contributed by atoms with Gasteiger partial charge in [-0.05, 0) is 18.6 Å². The molecule has 2 N–H and O–H groups in total. The molecule has 0 aromatic carbocycles. The third-order valence-electron chi connectivity index (χ3n) is 1.06. The fourth-order valence-electron chi connectivity index (χ4n) is 0.689. The smallest absolute Gasteiger partial charge is 0.251 e. The maximum Gasteiger partial charge on any atom is 0.251 e. The molecule has 4 heteroatoms. The van der Waals surface area contributed by atoms with Gasteiger partial charge in [-0.2, -0.15) is 0 Å². The summed E-state index contributed by atoms with van der Waals surface area (Å²) in [6.45, 7) is 1.64. The van der Waals surface area contributed by atoms with Gasteiger partial charge in [-0.25, -0.2) is 0 Å². The third kappa shape index (κ3) is 2.31. The molecule has 0 saturated carbocycles. The Kier molecular flexibility index (Phi) is 1.54. The lowest BCUT2D eigenvalue weighted by Crippen LogP contribution is -2.08. The standard InChI is InChI=1S/C7H10N2OS/c1-2-3-5-4-6(10)9-7(11)8-5/h4H,2-3H2,1H3,(H2,8,9,10,11)/i3D2,4D. The zero-order valence-corrected chi connectivity index (χ0v) is 6.84. The molecule has 0 aliphatic rings. The Morgan fingerprint density at radius 3 is 3.18 bits per heavy atom. The Balaban J connectivity index is 3.50. The van der Waals surface area contributed by atoms with E-state index in [2.05, 4.69) is 9.97 Å². The lowest BCUT2D eigenvalue weighted by molar-refractivity contribution is 0.861. The zero-order chi connectivity index (χ0) is 10.9. The molecule has 0 unspecified atom stereocenters. The van der Waals surface area contributed by atoms with E-state index in [4.69, 9.17) is 16.3 Å². The summed E-state index contributed by atoms with van der Waals surface area (Å²) in [6, 6.07) is -0.398. The number of hydrogen-bond acceptors (Lipinski definition) is 2. The van der Waals surface area contributed by atoms with Crippen LogP contribution >= 0.6 is 12.2 Å². The third-order valence-corrected chi connectivity index (χ3v) is 1.26. The number of aryl methyl sites for hydroxylation is 1. The molecule has 1 aromatic heterocycles. The van der Waals surface area contributed by atoms with E-state index in [1.54, 1.807) is 6.92 Å². The largest absolute Gasteiger partial charge is 0.336 e. The highest BCUT2D eigenvalue weighted by Crippen LogP contribution is 1.93. The highest BCUT2D eigenvalue weighted by molar-refractivity contribution is 7.71. The zero-order valence-electron chi connectivity index (χ0n) is 9.02. The van der Waals surface area contributed by atoms with Crippen molar-refractivity contribution in [1.82, 2.24) is 9.97 Å².